The van der Waals surface area contributed by atoms with Crippen LogP contribution in [0, 0.1) is 0 Å². The van der Waals surface area contributed by atoms with Gasteiger partial charge in [-0.25, -0.2) is 4.98 Å². The Kier molecular flexibility index (Phi) is 6.79. The van der Waals surface area contributed by atoms with E-state index in [0.717, 1.165) is 59.7 Å². The summed E-state index contributed by atoms with van der Waals surface area (Å²) in [4.78, 5) is 7.09. The van der Waals surface area contributed by atoms with Gasteiger partial charge in [-0.2, -0.15) is 5.10 Å². The van der Waals surface area contributed by atoms with E-state index in [1.807, 2.05) is 35.1 Å². The van der Waals surface area contributed by atoms with Crippen LogP contribution in [0.3, 0.4) is 0 Å². The second-order valence-electron chi connectivity index (χ2n) is 7.80. The molecule has 2 heterocycles. The molecule has 6 nitrogen and oxygen atoms in total. The van der Waals surface area contributed by atoms with E-state index in [9.17, 15) is 0 Å². The van der Waals surface area contributed by atoms with Crippen molar-refractivity contribution in [1.29, 1.82) is 0 Å². The molecule has 0 fully saturated rings. The maximum absolute atomic E-state index is 5.85. The number of hydrogen-bond acceptors (Lipinski definition) is 5. The second kappa shape index (κ2) is 10.1. The summed E-state index contributed by atoms with van der Waals surface area (Å²) in [7, 11) is 4.20. The van der Waals surface area contributed by atoms with Crippen molar-refractivity contribution in [2.24, 2.45) is 0 Å². The lowest BCUT2D eigenvalue weighted by atomic mass is 10.1. The smallest absolute Gasteiger partial charge is 0.119 e. The monoisotopic (exact) mass is 415 g/mol. The molecule has 160 valence electrons. The number of pyridine rings is 1. The van der Waals surface area contributed by atoms with E-state index in [4.69, 9.17) is 9.72 Å². The molecule has 0 saturated heterocycles. The first-order valence-corrected chi connectivity index (χ1v) is 10.7. The molecule has 0 aliphatic carbocycles. The Morgan fingerprint density at radius 2 is 1.87 bits per heavy atom. The van der Waals surface area contributed by atoms with E-state index < -0.39 is 0 Å². The highest BCUT2D eigenvalue weighted by Gasteiger charge is 2.08. The first-order chi connectivity index (χ1) is 15.2. The second-order valence-corrected chi connectivity index (χ2v) is 7.80. The van der Waals surface area contributed by atoms with Gasteiger partial charge in [0.2, 0.25) is 0 Å². The van der Waals surface area contributed by atoms with Crippen LogP contribution in [0.1, 0.15) is 6.42 Å². The highest BCUT2D eigenvalue weighted by atomic mass is 16.5. The summed E-state index contributed by atoms with van der Waals surface area (Å²) in [6, 6.07) is 20.5. The summed E-state index contributed by atoms with van der Waals surface area (Å²) >= 11 is 0. The summed E-state index contributed by atoms with van der Waals surface area (Å²) in [6.07, 6.45) is 4.80. The molecule has 0 saturated carbocycles. The van der Waals surface area contributed by atoms with Crippen LogP contribution >= 0.6 is 0 Å². The van der Waals surface area contributed by atoms with Gasteiger partial charge < -0.3 is 15.0 Å². The van der Waals surface area contributed by atoms with Crippen LogP contribution in [0.5, 0.6) is 5.75 Å². The molecule has 4 rings (SSSR count). The molecule has 2 aromatic heterocycles. The molecule has 0 spiro atoms. The SMILES string of the molecule is CN(C)CCCNc1cc(-c2ccc(OCCn3cccn3)cc2)nc2ccccc12. The summed E-state index contributed by atoms with van der Waals surface area (Å²) < 4.78 is 7.71. The predicted molar refractivity (Wildman–Crippen MR) is 127 cm³/mol. The van der Waals surface area contributed by atoms with Gasteiger partial charge in [-0.3, -0.25) is 4.68 Å². The number of nitrogens with zero attached hydrogens (tertiary/aromatic N) is 4. The number of rotatable bonds is 10. The molecule has 0 aliphatic heterocycles. The zero-order valence-corrected chi connectivity index (χ0v) is 18.2. The lowest BCUT2D eigenvalue weighted by molar-refractivity contribution is 0.291. The van der Waals surface area contributed by atoms with E-state index in [1.165, 1.54) is 0 Å². The van der Waals surface area contributed by atoms with Crippen LogP contribution in [0.25, 0.3) is 22.2 Å². The van der Waals surface area contributed by atoms with Crippen molar-refractivity contribution < 1.29 is 4.74 Å². The number of benzene rings is 2. The van der Waals surface area contributed by atoms with Gasteiger partial charge >= 0.3 is 0 Å². The molecule has 0 aliphatic rings. The topological polar surface area (TPSA) is 55.2 Å². The molecule has 31 heavy (non-hydrogen) atoms. The molecule has 4 aromatic rings. The third-order valence-corrected chi connectivity index (χ3v) is 5.11. The summed E-state index contributed by atoms with van der Waals surface area (Å²) in [5.41, 5.74) is 4.15. The van der Waals surface area contributed by atoms with Gasteiger partial charge in [0.1, 0.15) is 12.4 Å². The lowest BCUT2D eigenvalue weighted by Crippen LogP contribution is -2.16. The molecular weight excluding hydrogens is 386 g/mol. The van der Waals surface area contributed by atoms with Gasteiger partial charge in [-0.1, -0.05) is 18.2 Å². The third-order valence-electron chi connectivity index (χ3n) is 5.11. The number of nitrogens with one attached hydrogen (secondary N) is 1. The molecule has 2 aromatic carbocycles. The number of para-hydroxylation sites is 1. The van der Waals surface area contributed by atoms with Crippen LogP contribution < -0.4 is 10.1 Å². The maximum Gasteiger partial charge on any atom is 0.119 e. The molecule has 0 radical (unpaired) electrons. The number of aromatic nitrogens is 3. The molecule has 0 atom stereocenters. The van der Waals surface area contributed by atoms with Crippen LogP contribution in [-0.4, -0.2) is 53.5 Å². The quantitative estimate of drug-likeness (QED) is 0.385. The molecular formula is C25H29N5O. The Hall–Kier alpha value is -3.38. The summed E-state index contributed by atoms with van der Waals surface area (Å²) in [6.45, 7) is 3.29. The highest BCUT2D eigenvalue weighted by molar-refractivity contribution is 5.93. The predicted octanol–water partition coefficient (Wildman–Crippen LogP) is 4.54. The standard InChI is InChI=1S/C25H29N5O/c1-29(2)15-5-13-26-25-19-24(28-23-8-4-3-7-22(23)25)20-9-11-21(12-10-20)31-18-17-30-16-6-14-27-30/h3-4,6-12,14,16,19H,5,13,15,17-18H2,1-2H3,(H,26,28). The van der Waals surface area contributed by atoms with E-state index >= 15 is 0 Å². The van der Waals surface area contributed by atoms with Crippen LogP contribution in [0.15, 0.2) is 73.1 Å². The minimum atomic E-state index is 0.580. The summed E-state index contributed by atoms with van der Waals surface area (Å²) in [5.74, 6) is 0.846. The van der Waals surface area contributed by atoms with Gasteiger partial charge in [0.05, 0.1) is 17.8 Å². The number of fused-ring (bicyclic) bond motifs is 1. The highest BCUT2D eigenvalue weighted by Crippen LogP contribution is 2.29. The molecule has 6 heteroatoms. The normalized spacial score (nSPS) is 11.2. The van der Waals surface area contributed by atoms with Crippen molar-refractivity contribution in [2.75, 3.05) is 39.1 Å². The fourth-order valence-corrected chi connectivity index (χ4v) is 3.50. The Balaban J connectivity index is 1.47. The summed E-state index contributed by atoms with van der Waals surface area (Å²) in [5, 5.41) is 8.94. The average molecular weight is 416 g/mol. The maximum atomic E-state index is 5.85. The Morgan fingerprint density at radius 3 is 2.65 bits per heavy atom. The van der Waals surface area contributed by atoms with Crippen molar-refractivity contribution in [3.05, 3.63) is 73.1 Å². The lowest BCUT2D eigenvalue weighted by Gasteiger charge is -2.14. The third kappa shape index (κ3) is 5.61. The van der Waals surface area contributed by atoms with Crippen LogP contribution in [0.4, 0.5) is 5.69 Å². The Labute approximate surface area is 183 Å². The molecule has 0 unspecified atom stereocenters. The van der Waals surface area contributed by atoms with Gasteiger partial charge in [-0.05, 0) is 69.5 Å². The Morgan fingerprint density at radius 1 is 1.03 bits per heavy atom. The largest absolute Gasteiger partial charge is 0.492 e. The van der Waals surface area contributed by atoms with Gasteiger partial charge in [0, 0.05) is 35.6 Å². The van der Waals surface area contributed by atoms with E-state index in [-0.39, 0.29) is 0 Å². The van der Waals surface area contributed by atoms with Gasteiger partial charge in [0.25, 0.3) is 0 Å². The molecule has 1 N–H and O–H groups in total. The number of ether oxygens (including phenoxy) is 1. The molecule has 0 bridgehead atoms. The van der Waals surface area contributed by atoms with E-state index in [1.54, 1.807) is 6.20 Å². The zero-order chi connectivity index (χ0) is 21.5. The van der Waals surface area contributed by atoms with Crippen molar-refractivity contribution >= 4 is 16.6 Å². The Bertz CT molecular complexity index is 1090. The van der Waals surface area contributed by atoms with Crippen molar-refractivity contribution in [3.63, 3.8) is 0 Å². The minimum absolute atomic E-state index is 0.580. The van der Waals surface area contributed by atoms with Gasteiger partial charge in [-0.15, -0.1) is 0 Å². The average Bonchev–Trinajstić information content (AvgIpc) is 3.30. The first-order valence-electron chi connectivity index (χ1n) is 10.7. The van der Waals surface area contributed by atoms with Gasteiger partial charge in [0.15, 0.2) is 0 Å². The van der Waals surface area contributed by atoms with E-state index in [0.29, 0.717) is 6.61 Å². The first kappa shape index (κ1) is 20.9. The number of anilines is 1. The fraction of sp³-hybridized carbons (Fsp3) is 0.280. The zero-order valence-electron chi connectivity index (χ0n) is 18.2. The van der Waals surface area contributed by atoms with E-state index in [2.05, 4.69) is 65.8 Å². The van der Waals surface area contributed by atoms with Crippen molar-refractivity contribution in [2.45, 2.75) is 13.0 Å². The molecule has 0 amide bonds. The fourth-order valence-electron chi connectivity index (χ4n) is 3.50. The van der Waals surface area contributed by atoms with Crippen LogP contribution in [-0.2, 0) is 6.54 Å². The number of hydrogen-bond donors (Lipinski definition) is 1. The minimum Gasteiger partial charge on any atom is -0.492 e. The van der Waals surface area contributed by atoms with Crippen LogP contribution in [0.2, 0.25) is 0 Å². The van der Waals surface area contributed by atoms with Crippen molar-refractivity contribution in [3.8, 4) is 17.0 Å². The van der Waals surface area contributed by atoms with Crippen molar-refractivity contribution in [1.82, 2.24) is 19.7 Å².